The zero-order valence-corrected chi connectivity index (χ0v) is 5.19. The molecule has 0 aliphatic heterocycles. The minimum absolute atomic E-state index is 0. The average Bonchev–Trinajstić information content (AvgIpc) is 1.62. The molecule has 0 saturated carbocycles. The van der Waals surface area contributed by atoms with Crippen molar-refractivity contribution in [1.82, 2.24) is 0 Å². The molecule has 0 aliphatic carbocycles. The van der Waals surface area contributed by atoms with E-state index in [0.717, 1.165) is 0 Å². The van der Waals surface area contributed by atoms with E-state index in [4.69, 9.17) is 0 Å². The summed E-state index contributed by atoms with van der Waals surface area (Å²) in [6.45, 7) is 0. The standard InChI is InChI=1S/C3H2F6S.In.3H/c4-1(5)2(6,10)3(7,8)9;;;;/h1,10H;;;;. The first kappa shape index (κ1) is 14.3. The molecule has 0 spiro atoms. The molecule has 0 aromatic rings. The van der Waals surface area contributed by atoms with E-state index in [1.165, 1.54) is 0 Å². The van der Waals surface area contributed by atoms with Crippen LogP contribution in [0.4, 0.5) is 26.3 Å². The van der Waals surface area contributed by atoms with Crippen molar-refractivity contribution in [3.05, 3.63) is 0 Å². The van der Waals surface area contributed by atoms with Crippen molar-refractivity contribution < 1.29 is 26.3 Å². The van der Waals surface area contributed by atoms with Gasteiger partial charge in [-0.3, -0.25) is 0 Å². The summed E-state index contributed by atoms with van der Waals surface area (Å²) in [6, 6.07) is 0. The SMILES string of the molecule is FC(F)C(F)(S)C(F)(F)F.[InH3]. The van der Waals surface area contributed by atoms with Gasteiger partial charge in [-0.25, -0.2) is 13.2 Å². The molecule has 0 bridgehead atoms. The minimum atomic E-state index is -5.63. The summed E-state index contributed by atoms with van der Waals surface area (Å²) in [5, 5.41) is -4.70. The topological polar surface area (TPSA) is 0 Å². The van der Waals surface area contributed by atoms with Crippen LogP contribution in [0, 0.1) is 0 Å². The second-order valence-electron chi connectivity index (χ2n) is 1.47. The van der Waals surface area contributed by atoms with Gasteiger partial charge >= 0.3 is 37.0 Å². The van der Waals surface area contributed by atoms with Crippen LogP contribution in [0.1, 0.15) is 0 Å². The second-order valence-corrected chi connectivity index (χ2v) is 2.12. The van der Waals surface area contributed by atoms with Crippen LogP contribution in [0.2, 0.25) is 0 Å². The number of hydrogen-bond acceptors (Lipinski definition) is 1. The van der Waals surface area contributed by atoms with Gasteiger partial charge in [-0.1, -0.05) is 0 Å². The van der Waals surface area contributed by atoms with Crippen LogP contribution in [0.3, 0.4) is 0 Å². The quantitative estimate of drug-likeness (QED) is 0.546. The van der Waals surface area contributed by atoms with Gasteiger partial charge in [0.05, 0.1) is 0 Å². The Morgan fingerprint density at radius 3 is 1.27 bits per heavy atom. The van der Waals surface area contributed by atoms with E-state index in [2.05, 4.69) is 12.6 Å². The number of hydrogen-bond donors (Lipinski definition) is 1. The molecule has 68 valence electrons. The molecule has 0 aromatic carbocycles. The Bertz CT molecular complexity index is 119. The van der Waals surface area contributed by atoms with Crippen molar-refractivity contribution in [1.29, 1.82) is 0 Å². The van der Waals surface area contributed by atoms with E-state index in [1.54, 1.807) is 0 Å². The predicted molar refractivity (Wildman–Crippen MR) is 34.8 cm³/mol. The summed E-state index contributed by atoms with van der Waals surface area (Å²) in [7, 11) is 0. The second kappa shape index (κ2) is 4.16. The maximum atomic E-state index is 11.7. The molecular weight excluding hydrogens is 297 g/mol. The van der Waals surface area contributed by atoms with E-state index < -0.39 is 17.6 Å². The van der Waals surface area contributed by atoms with Gasteiger partial charge in [0.1, 0.15) is 0 Å². The van der Waals surface area contributed by atoms with Gasteiger partial charge in [-0.15, -0.1) is 12.6 Å². The average molecular weight is 302 g/mol. The van der Waals surface area contributed by atoms with Gasteiger partial charge in [-0.05, 0) is 0 Å². The number of rotatable bonds is 1. The van der Waals surface area contributed by atoms with Crippen molar-refractivity contribution in [2.45, 2.75) is 17.6 Å². The van der Waals surface area contributed by atoms with E-state index in [1.807, 2.05) is 0 Å². The van der Waals surface area contributed by atoms with Crippen LogP contribution in [-0.4, -0.2) is 43.4 Å². The van der Waals surface area contributed by atoms with Crippen LogP contribution < -0.4 is 0 Å². The van der Waals surface area contributed by atoms with Gasteiger partial charge in [0.2, 0.25) is 0 Å². The predicted octanol–water partition coefficient (Wildman–Crippen LogP) is 1.23. The summed E-state index contributed by atoms with van der Waals surface area (Å²) >= 11 is 2.12. The van der Waals surface area contributed by atoms with E-state index in [-0.39, 0.29) is 25.8 Å². The third-order valence-electron chi connectivity index (χ3n) is 0.687. The first-order chi connectivity index (χ1) is 4.19. The van der Waals surface area contributed by atoms with Crippen LogP contribution in [-0.2, 0) is 0 Å². The molecule has 0 radical (unpaired) electrons. The first-order valence-corrected chi connectivity index (χ1v) is 2.40. The zero-order valence-electron chi connectivity index (χ0n) is 4.29. The van der Waals surface area contributed by atoms with Gasteiger partial charge in [0.25, 0.3) is 6.43 Å². The van der Waals surface area contributed by atoms with Crippen molar-refractivity contribution >= 4 is 38.5 Å². The van der Waals surface area contributed by atoms with Gasteiger partial charge in [-0.2, -0.15) is 13.2 Å². The third-order valence-corrected chi connectivity index (χ3v) is 1.14. The molecule has 1 atom stereocenters. The van der Waals surface area contributed by atoms with Crippen molar-refractivity contribution in [2.24, 2.45) is 0 Å². The monoisotopic (exact) mass is 302 g/mol. The molecule has 11 heavy (non-hydrogen) atoms. The summed E-state index contributed by atoms with van der Waals surface area (Å²) in [4.78, 5) is 0. The van der Waals surface area contributed by atoms with Gasteiger partial charge in [0, 0.05) is 0 Å². The molecule has 0 amide bonds. The Labute approximate surface area is 82.5 Å². The summed E-state index contributed by atoms with van der Waals surface area (Å²) in [6.07, 6.45) is -9.81. The van der Waals surface area contributed by atoms with Crippen LogP contribution in [0.25, 0.3) is 0 Å². The van der Waals surface area contributed by atoms with Crippen molar-refractivity contribution in [3.8, 4) is 0 Å². The molecule has 0 N–H and O–H groups in total. The number of thiol groups is 1. The molecule has 1 unspecified atom stereocenters. The van der Waals surface area contributed by atoms with E-state index in [0.29, 0.717) is 0 Å². The Kier molecular flexibility index (Phi) is 5.41. The normalized spacial score (nSPS) is 17.5. The Balaban J connectivity index is 0. The molecule has 0 fully saturated rings. The molecule has 0 heterocycles. The number of halogens is 6. The Hall–Kier alpha value is 0.800. The fourth-order valence-corrected chi connectivity index (χ4v) is 0.124. The molecule has 8 heteroatoms. The fourth-order valence-electron chi connectivity index (χ4n) is 0.124. The van der Waals surface area contributed by atoms with Crippen molar-refractivity contribution in [3.63, 3.8) is 0 Å². The van der Waals surface area contributed by atoms with Gasteiger partial charge < -0.3 is 0 Å². The third kappa shape index (κ3) is 3.35. The fraction of sp³-hybridized carbons (Fsp3) is 1.00. The maximum absolute atomic E-state index is 11.7. The van der Waals surface area contributed by atoms with Crippen LogP contribution in [0.15, 0.2) is 0 Å². The molecule has 0 rings (SSSR count). The zero-order chi connectivity index (χ0) is 8.58. The Morgan fingerprint density at radius 1 is 1.00 bits per heavy atom. The molecule has 0 saturated heterocycles. The van der Waals surface area contributed by atoms with Crippen molar-refractivity contribution in [2.75, 3.05) is 0 Å². The van der Waals surface area contributed by atoms with Crippen LogP contribution in [0.5, 0.6) is 0 Å². The van der Waals surface area contributed by atoms with Gasteiger partial charge in [0.15, 0.2) is 0 Å². The molecule has 0 nitrogen and oxygen atoms in total. The van der Waals surface area contributed by atoms with Crippen LogP contribution >= 0.6 is 12.6 Å². The summed E-state index contributed by atoms with van der Waals surface area (Å²) in [5.41, 5.74) is 0. The molecular formula is C3H5F6InS. The molecule has 0 aliphatic rings. The first-order valence-electron chi connectivity index (χ1n) is 1.95. The summed E-state index contributed by atoms with van der Waals surface area (Å²) in [5.74, 6) is 0. The van der Waals surface area contributed by atoms with E-state index >= 15 is 0 Å². The summed E-state index contributed by atoms with van der Waals surface area (Å²) < 4.78 is 67.4. The molecule has 0 aromatic heterocycles. The Morgan fingerprint density at radius 2 is 1.27 bits per heavy atom. The number of alkyl halides is 6. The van der Waals surface area contributed by atoms with E-state index in [9.17, 15) is 26.3 Å².